The second kappa shape index (κ2) is 5.08. The van der Waals surface area contributed by atoms with Gasteiger partial charge in [0.05, 0.1) is 0 Å². The Kier molecular flexibility index (Phi) is 3.62. The standard InChI is InChI=1S/C14H12F3NO2/c1-3-10-7-13(19)18(8-10)12-5-4-11(6-9(12)2)20-14(15,16)17/h1,4-6,10H,7-8H2,2H3. The van der Waals surface area contributed by atoms with Gasteiger partial charge in [0, 0.05) is 24.6 Å². The molecule has 1 aliphatic heterocycles. The van der Waals surface area contributed by atoms with Gasteiger partial charge in [-0.2, -0.15) is 0 Å². The van der Waals surface area contributed by atoms with E-state index in [1.807, 2.05) is 0 Å². The van der Waals surface area contributed by atoms with Crippen molar-refractivity contribution in [2.75, 3.05) is 11.4 Å². The summed E-state index contributed by atoms with van der Waals surface area (Å²) in [7, 11) is 0. The molecule has 106 valence electrons. The van der Waals surface area contributed by atoms with E-state index in [-0.39, 0.29) is 24.0 Å². The number of alkyl halides is 3. The summed E-state index contributed by atoms with van der Waals surface area (Å²) in [5.74, 6) is 1.93. The van der Waals surface area contributed by atoms with Crippen LogP contribution < -0.4 is 9.64 Å². The van der Waals surface area contributed by atoms with Crippen LogP contribution in [0.3, 0.4) is 0 Å². The third-order valence-electron chi connectivity index (χ3n) is 3.05. The van der Waals surface area contributed by atoms with Crippen molar-refractivity contribution in [2.24, 2.45) is 5.92 Å². The van der Waals surface area contributed by atoms with Crippen molar-refractivity contribution >= 4 is 11.6 Å². The topological polar surface area (TPSA) is 29.5 Å². The molecule has 0 bridgehead atoms. The lowest BCUT2D eigenvalue weighted by Crippen LogP contribution is -2.25. The summed E-state index contributed by atoms with van der Waals surface area (Å²) < 4.78 is 40.2. The maximum absolute atomic E-state index is 12.1. The number of hydrogen-bond donors (Lipinski definition) is 0. The Morgan fingerprint density at radius 1 is 1.45 bits per heavy atom. The van der Waals surface area contributed by atoms with Gasteiger partial charge in [-0.25, -0.2) is 0 Å². The summed E-state index contributed by atoms with van der Waals surface area (Å²) in [6.07, 6.45) is 0.824. The van der Waals surface area contributed by atoms with Crippen LogP contribution >= 0.6 is 0 Å². The van der Waals surface area contributed by atoms with Gasteiger partial charge in [0.1, 0.15) is 5.75 Å². The maximum atomic E-state index is 12.1. The van der Waals surface area contributed by atoms with Gasteiger partial charge < -0.3 is 9.64 Å². The van der Waals surface area contributed by atoms with Crippen LogP contribution in [0.2, 0.25) is 0 Å². The van der Waals surface area contributed by atoms with Crippen molar-refractivity contribution in [1.29, 1.82) is 0 Å². The highest BCUT2D eigenvalue weighted by atomic mass is 19.4. The first kappa shape index (κ1) is 14.3. The van der Waals surface area contributed by atoms with Crippen LogP contribution in [0.1, 0.15) is 12.0 Å². The molecule has 1 amide bonds. The fourth-order valence-corrected chi connectivity index (χ4v) is 2.18. The zero-order valence-electron chi connectivity index (χ0n) is 10.7. The second-order valence-electron chi connectivity index (χ2n) is 4.57. The summed E-state index contributed by atoms with van der Waals surface area (Å²) in [6.45, 7) is 2.00. The van der Waals surface area contributed by atoms with Crippen molar-refractivity contribution in [2.45, 2.75) is 19.7 Å². The van der Waals surface area contributed by atoms with Gasteiger partial charge in [-0.1, -0.05) is 0 Å². The number of halogens is 3. The number of carbonyl (C=O) groups excluding carboxylic acids is 1. The Morgan fingerprint density at radius 2 is 2.15 bits per heavy atom. The van der Waals surface area contributed by atoms with Gasteiger partial charge in [-0.3, -0.25) is 4.79 Å². The minimum atomic E-state index is -4.73. The van der Waals surface area contributed by atoms with E-state index >= 15 is 0 Å². The highest BCUT2D eigenvalue weighted by Crippen LogP contribution is 2.31. The minimum Gasteiger partial charge on any atom is -0.406 e. The molecule has 3 nitrogen and oxygen atoms in total. The van der Waals surface area contributed by atoms with Crippen molar-refractivity contribution in [3.8, 4) is 18.1 Å². The third kappa shape index (κ3) is 3.05. The predicted octanol–water partition coefficient (Wildman–Crippen LogP) is 2.88. The van der Waals surface area contributed by atoms with E-state index in [0.29, 0.717) is 17.8 Å². The fourth-order valence-electron chi connectivity index (χ4n) is 2.18. The average Bonchev–Trinajstić information content (AvgIpc) is 2.69. The van der Waals surface area contributed by atoms with Crippen molar-refractivity contribution < 1.29 is 22.7 Å². The van der Waals surface area contributed by atoms with E-state index in [9.17, 15) is 18.0 Å². The first-order chi connectivity index (χ1) is 9.30. The maximum Gasteiger partial charge on any atom is 0.573 e. The van der Waals surface area contributed by atoms with Gasteiger partial charge in [-0.05, 0) is 30.7 Å². The molecule has 2 rings (SSSR count). The van der Waals surface area contributed by atoms with Gasteiger partial charge in [0.25, 0.3) is 0 Å². The average molecular weight is 283 g/mol. The minimum absolute atomic E-state index is 0.125. The number of amides is 1. The summed E-state index contributed by atoms with van der Waals surface area (Å²) in [4.78, 5) is 13.3. The number of benzene rings is 1. The van der Waals surface area contributed by atoms with Crippen LogP contribution in [0.25, 0.3) is 0 Å². The molecule has 1 aromatic carbocycles. The Bertz CT molecular complexity index is 575. The fraction of sp³-hybridized carbons (Fsp3) is 0.357. The molecule has 0 spiro atoms. The van der Waals surface area contributed by atoms with Crippen molar-refractivity contribution in [1.82, 2.24) is 0 Å². The molecule has 1 unspecified atom stereocenters. The molecule has 0 radical (unpaired) electrons. The Hall–Kier alpha value is -2.16. The van der Waals surface area contributed by atoms with Gasteiger partial charge in [0.15, 0.2) is 0 Å². The lowest BCUT2D eigenvalue weighted by molar-refractivity contribution is -0.274. The van der Waals surface area contributed by atoms with Crippen LogP contribution in [0.4, 0.5) is 18.9 Å². The number of ether oxygens (including phenoxy) is 1. The van der Waals surface area contributed by atoms with Crippen LogP contribution in [-0.2, 0) is 4.79 Å². The lowest BCUT2D eigenvalue weighted by Gasteiger charge is -2.19. The SMILES string of the molecule is C#CC1CC(=O)N(c2ccc(OC(F)(F)F)cc2C)C1. The molecule has 0 aliphatic carbocycles. The Labute approximate surface area is 114 Å². The van der Waals surface area contributed by atoms with E-state index < -0.39 is 6.36 Å². The second-order valence-corrected chi connectivity index (χ2v) is 4.57. The quantitative estimate of drug-likeness (QED) is 0.781. The highest BCUT2D eigenvalue weighted by Gasteiger charge is 2.32. The van der Waals surface area contributed by atoms with E-state index in [0.717, 1.165) is 0 Å². The molecule has 1 heterocycles. The number of carbonyl (C=O) groups is 1. The smallest absolute Gasteiger partial charge is 0.406 e. The molecular weight excluding hydrogens is 271 g/mol. The summed E-state index contributed by atoms with van der Waals surface area (Å²) in [5, 5.41) is 0. The summed E-state index contributed by atoms with van der Waals surface area (Å²) in [5.41, 5.74) is 1.08. The van der Waals surface area contributed by atoms with Gasteiger partial charge >= 0.3 is 6.36 Å². The summed E-state index contributed by atoms with van der Waals surface area (Å²) >= 11 is 0. The van der Waals surface area contributed by atoms with Crippen molar-refractivity contribution in [3.05, 3.63) is 23.8 Å². The largest absolute Gasteiger partial charge is 0.573 e. The normalized spacial score (nSPS) is 19.1. The Balaban J connectivity index is 2.23. The van der Waals surface area contributed by atoms with Crippen molar-refractivity contribution in [3.63, 3.8) is 0 Å². The monoisotopic (exact) mass is 283 g/mol. The third-order valence-corrected chi connectivity index (χ3v) is 3.05. The first-order valence-corrected chi connectivity index (χ1v) is 5.93. The summed E-state index contributed by atoms with van der Waals surface area (Å²) in [6, 6.07) is 3.87. The number of aryl methyl sites for hydroxylation is 1. The molecule has 1 fully saturated rings. The zero-order chi connectivity index (χ0) is 14.9. The molecule has 0 N–H and O–H groups in total. The molecule has 6 heteroatoms. The first-order valence-electron chi connectivity index (χ1n) is 5.93. The van der Waals surface area contributed by atoms with E-state index in [2.05, 4.69) is 10.7 Å². The van der Waals surface area contributed by atoms with Gasteiger partial charge in [-0.15, -0.1) is 25.5 Å². The Morgan fingerprint density at radius 3 is 2.65 bits per heavy atom. The van der Waals surface area contributed by atoms with Gasteiger partial charge in [0.2, 0.25) is 5.91 Å². The molecule has 0 saturated carbocycles. The molecule has 1 saturated heterocycles. The number of hydrogen-bond acceptors (Lipinski definition) is 2. The molecule has 1 aromatic rings. The molecule has 20 heavy (non-hydrogen) atoms. The number of nitrogens with zero attached hydrogens (tertiary/aromatic N) is 1. The number of terminal acetylenes is 1. The van der Waals surface area contributed by atoms with E-state index in [1.165, 1.54) is 23.1 Å². The molecule has 1 aliphatic rings. The molecule has 0 aromatic heterocycles. The van der Waals surface area contributed by atoms with Crippen LogP contribution in [0.5, 0.6) is 5.75 Å². The van der Waals surface area contributed by atoms with E-state index in [1.54, 1.807) is 6.92 Å². The molecular formula is C14H12F3NO2. The predicted molar refractivity (Wildman–Crippen MR) is 67.2 cm³/mol. The number of anilines is 1. The lowest BCUT2D eigenvalue weighted by atomic mass is 10.1. The van der Waals surface area contributed by atoms with Crippen LogP contribution in [0, 0.1) is 25.2 Å². The highest BCUT2D eigenvalue weighted by molar-refractivity contribution is 5.96. The van der Waals surface area contributed by atoms with E-state index in [4.69, 9.17) is 6.42 Å². The zero-order valence-corrected chi connectivity index (χ0v) is 10.7. The van der Waals surface area contributed by atoms with Crippen LogP contribution in [0.15, 0.2) is 18.2 Å². The number of rotatable bonds is 2. The van der Waals surface area contributed by atoms with Crippen LogP contribution in [-0.4, -0.2) is 18.8 Å². The molecule has 1 atom stereocenters.